The second-order valence-electron chi connectivity index (χ2n) is 18.3. The van der Waals surface area contributed by atoms with E-state index >= 15 is 0 Å². The normalized spacial score (nSPS) is 22.6. The summed E-state index contributed by atoms with van der Waals surface area (Å²) in [5.74, 6) is 3.25. The van der Waals surface area contributed by atoms with Crippen LogP contribution < -0.4 is 0 Å². The molecule has 10 aromatic rings. The van der Waals surface area contributed by atoms with Crippen LogP contribution in [0.4, 0.5) is 0 Å². The molecule has 4 fully saturated rings. The number of hydrogen-bond donors (Lipinski definition) is 0. The zero-order valence-corrected chi connectivity index (χ0v) is 32.9. The Balaban J connectivity index is 0.972. The minimum absolute atomic E-state index is 0.0957. The van der Waals surface area contributed by atoms with Crippen molar-refractivity contribution in [3.8, 4) is 44.5 Å². The van der Waals surface area contributed by atoms with Gasteiger partial charge in [-0.25, -0.2) is 0 Å². The summed E-state index contributed by atoms with van der Waals surface area (Å²) in [6.07, 6.45) is 7.00. The zero-order chi connectivity index (χ0) is 38.4. The SMILES string of the molecule is c1ccc2c3c(ccc2c1)C1(c2cc(-c4c5ccccc5c(-c5ccc(-c6cccc7oc8ccccc8c67)cc5)c5ccccc45)ccc2-3)C2CC3CC(C2)CC1C3. The molecule has 0 amide bonds. The van der Waals surface area contributed by atoms with Crippen molar-refractivity contribution in [1.29, 1.82) is 0 Å². The van der Waals surface area contributed by atoms with Gasteiger partial charge in [-0.2, -0.15) is 0 Å². The molecule has 5 aliphatic rings. The molecule has 0 atom stereocenters. The fourth-order valence-electron chi connectivity index (χ4n) is 13.7. The average Bonchev–Trinajstić information content (AvgIpc) is 3.81. The van der Waals surface area contributed by atoms with Crippen LogP contribution in [-0.4, -0.2) is 0 Å². The summed E-state index contributed by atoms with van der Waals surface area (Å²) in [7, 11) is 0. The van der Waals surface area contributed by atoms with Crippen LogP contribution in [0.5, 0.6) is 0 Å². The fraction of sp³-hybridized carbons (Fsp3) is 0.172. The molecule has 0 saturated heterocycles. The van der Waals surface area contributed by atoms with Gasteiger partial charge in [0.05, 0.1) is 0 Å². The lowest BCUT2D eigenvalue weighted by Crippen LogP contribution is -2.55. The Morgan fingerprint density at radius 2 is 0.932 bits per heavy atom. The molecule has 4 bridgehead atoms. The molecule has 5 aliphatic carbocycles. The van der Waals surface area contributed by atoms with E-state index in [1.807, 2.05) is 6.07 Å². The van der Waals surface area contributed by atoms with Gasteiger partial charge in [-0.3, -0.25) is 0 Å². The van der Waals surface area contributed by atoms with Crippen molar-refractivity contribution in [3.05, 3.63) is 181 Å². The van der Waals surface area contributed by atoms with E-state index in [4.69, 9.17) is 4.42 Å². The molecule has 0 N–H and O–H groups in total. The van der Waals surface area contributed by atoms with Crippen LogP contribution in [0.3, 0.4) is 0 Å². The lowest BCUT2D eigenvalue weighted by Gasteiger charge is -2.61. The van der Waals surface area contributed by atoms with Crippen molar-refractivity contribution in [2.75, 3.05) is 0 Å². The van der Waals surface area contributed by atoms with Crippen LogP contribution in [0.25, 0.3) is 98.8 Å². The Bertz CT molecular complexity index is 3310. The third-order valence-corrected chi connectivity index (χ3v) is 15.6. The van der Waals surface area contributed by atoms with E-state index in [1.165, 1.54) is 114 Å². The van der Waals surface area contributed by atoms with Crippen LogP contribution in [-0.2, 0) is 5.41 Å². The third-order valence-electron chi connectivity index (χ3n) is 15.6. The van der Waals surface area contributed by atoms with Gasteiger partial charge in [0.15, 0.2) is 0 Å². The van der Waals surface area contributed by atoms with Crippen molar-refractivity contribution in [1.82, 2.24) is 0 Å². The van der Waals surface area contributed by atoms with Crippen LogP contribution in [0.1, 0.15) is 43.2 Å². The molecule has 15 rings (SSSR count). The molecule has 1 heteroatoms. The number of benzene rings is 9. The fourth-order valence-corrected chi connectivity index (χ4v) is 13.7. The first-order chi connectivity index (χ1) is 29.2. The first kappa shape index (κ1) is 32.5. The molecular weight excluding hydrogens is 713 g/mol. The molecule has 0 aliphatic heterocycles. The standard InChI is InChI=1S/C58H42O/c1-2-11-42-36(10-1)25-27-50-56(42)48-26-24-39(33-51(48)58(50)40-29-34-28-35(31-40)32-41(58)30-34)55-46-14-5-3-12-44(46)54(45-13-4-6-15-47(45)55)38-22-20-37(21-23-38)43-17-9-19-53-57(43)49-16-7-8-18-52(49)59-53/h1-27,33-35,40-41H,28-32H2. The van der Waals surface area contributed by atoms with Gasteiger partial charge in [-0.1, -0.05) is 152 Å². The summed E-state index contributed by atoms with van der Waals surface area (Å²) in [6.45, 7) is 0. The summed E-state index contributed by atoms with van der Waals surface area (Å²) in [5, 5.41) is 10.4. The number of rotatable bonds is 3. The summed E-state index contributed by atoms with van der Waals surface area (Å²) >= 11 is 0. The molecule has 59 heavy (non-hydrogen) atoms. The Labute approximate surface area is 343 Å². The summed E-state index contributed by atoms with van der Waals surface area (Å²) in [6, 6.07) is 64.2. The van der Waals surface area contributed by atoms with E-state index in [1.54, 1.807) is 11.1 Å². The van der Waals surface area contributed by atoms with E-state index in [-0.39, 0.29) is 5.41 Å². The molecule has 1 nitrogen and oxygen atoms in total. The predicted octanol–water partition coefficient (Wildman–Crippen LogP) is 15.8. The summed E-state index contributed by atoms with van der Waals surface area (Å²) in [4.78, 5) is 0. The molecule has 1 aromatic heterocycles. The number of para-hydroxylation sites is 1. The number of fused-ring (bicyclic) bond motifs is 10. The van der Waals surface area contributed by atoms with Gasteiger partial charge in [0.1, 0.15) is 11.2 Å². The van der Waals surface area contributed by atoms with Gasteiger partial charge in [0.2, 0.25) is 0 Å². The maximum absolute atomic E-state index is 6.27. The Hall–Kier alpha value is -6.44. The highest BCUT2D eigenvalue weighted by molar-refractivity contribution is 6.22. The Morgan fingerprint density at radius 3 is 1.63 bits per heavy atom. The summed E-state index contributed by atoms with van der Waals surface area (Å²) in [5.41, 5.74) is 15.8. The first-order valence-electron chi connectivity index (χ1n) is 21.8. The molecule has 1 spiro atoms. The molecule has 9 aromatic carbocycles. The Kier molecular flexibility index (Phi) is 6.52. The van der Waals surface area contributed by atoms with Gasteiger partial charge in [0.25, 0.3) is 0 Å². The lowest BCUT2D eigenvalue weighted by atomic mass is 9.43. The number of furan rings is 1. The topological polar surface area (TPSA) is 13.1 Å². The molecule has 4 saturated carbocycles. The maximum atomic E-state index is 6.27. The van der Waals surface area contributed by atoms with Crippen molar-refractivity contribution in [2.24, 2.45) is 23.7 Å². The smallest absolute Gasteiger partial charge is 0.136 e. The maximum Gasteiger partial charge on any atom is 0.136 e. The van der Waals surface area contributed by atoms with E-state index in [0.717, 1.165) is 28.4 Å². The van der Waals surface area contributed by atoms with Crippen molar-refractivity contribution in [2.45, 2.75) is 37.5 Å². The first-order valence-corrected chi connectivity index (χ1v) is 21.8. The zero-order valence-electron chi connectivity index (χ0n) is 32.9. The third kappa shape index (κ3) is 4.30. The highest BCUT2D eigenvalue weighted by Gasteiger charge is 2.61. The number of hydrogen-bond acceptors (Lipinski definition) is 1. The van der Waals surface area contributed by atoms with Crippen LogP contribution in [0, 0.1) is 23.7 Å². The largest absolute Gasteiger partial charge is 0.456 e. The van der Waals surface area contributed by atoms with Crippen LogP contribution >= 0.6 is 0 Å². The highest BCUT2D eigenvalue weighted by Crippen LogP contribution is 2.70. The quantitative estimate of drug-likeness (QED) is 0.164. The van der Waals surface area contributed by atoms with Gasteiger partial charge >= 0.3 is 0 Å². The van der Waals surface area contributed by atoms with E-state index in [9.17, 15) is 0 Å². The second kappa shape index (κ2) is 11.8. The molecule has 1 heterocycles. The van der Waals surface area contributed by atoms with Crippen molar-refractivity contribution >= 4 is 54.3 Å². The van der Waals surface area contributed by atoms with Gasteiger partial charge < -0.3 is 4.42 Å². The van der Waals surface area contributed by atoms with Crippen LogP contribution in [0.2, 0.25) is 0 Å². The van der Waals surface area contributed by atoms with Gasteiger partial charge in [-0.05, 0) is 162 Å². The molecule has 0 unspecified atom stereocenters. The minimum atomic E-state index is 0.0957. The van der Waals surface area contributed by atoms with Crippen molar-refractivity contribution in [3.63, 3.8) is 0 Å². The monoisotopic (exact) mass is 754 g/mol. The van der Waals surface area contributed by atoms with E-state index in [2.05, 4.69) is 164 Å². The van der Waals surface area contributed by atoms with Gasteiger partial charge in [-0.15, -0.1) is 0 Å². The average molecular weight is 755 g/mol. The molecular formula is C58H42O. The van der Waals surface area contributed by atoms with Gasteiger partial charge in [0, 0.05) is 16.2 Å². The lowest BCUT2D eigenvalue weighted by molar-refractivity contribution is -0.0399. The minimum Gasteiger partial charge on any atom is -0.456 e. The molecule has 0 radical (unpaired) electrons. The summed E-state index contributed by atoms with van der Waals surface area (Å²) < 4.78 is 6.27. The molecule has 280 valence electrons. The second-order valence-corrected chi connectivity index (χ2v) is 18.3. The van der Waals surface area contributed by atoms with Crippen LogP contribution in [0.15, 0.2) is 174 Å². The Morgan fingerprint density at radius 1 is 0.373 bits per heavy atom. The highest BCUT2D eigenvalue weighted by atomic mass is 16.3. The van der Waals surface area contributed by atoms with E-state index < -0.39 is 0 Å². The predicted molar refractivity (Wildman–Crippen MR) is 246 cm³/mol. The van der Waals surface area contributed by atoms with E-state index in [0.29, 0.717) is 11.8 Å². The van der Waals surface area contributed by atoms with Crippen molar-refractivity contribution < 1.29 is 4.42 Å².